The molecular formula is C10H15NO5. The summed E-state index contributed by atoms with van der Waals surface area (Å²) in [6.07, 6.45) is 0.444. The zero-order chi connectivity index (χ0) is 12.6. The van der Waals surface area contributed by atoms with Gasteiger partial charge in [0.25, 0.3) is 5.91 Å². The van der Waals surface area contributed by atoms with Gasteiger partial charge in [-0.3, -0.25) is 14.4 Å². The SMILES string of the molecule is CCOC=C(C(N)=O)C(=O)CC(=O)OCC. The standard InChI is InChI=1S/C10H15NO5/c1-3-15-6-7(10(11)14)8(12)5-9(13)16-4-2/h6H,3-5H2,1-2H3,(H2,11,14). The van der Waals surface area contributed by atoms with E-state index in [1.807, 2.05) is 0 Å². The van der Waals surface area contributed by atoms with Crippen LogP contribution in [0.25, 0.3) is 0 Å². The van der Waals surface area contributed by atoms with Gasteiger partial charge in [0.2, 0.25) is 0 Å². The third kappa shape index (κ3) is 5.14. The number of hydrogen-bond acceptors (Lipinski definition) is 5. The summed E-state index contributed by atoms with van der Waals surface area (Å²) in [5, 5.41) is 0. The number of ether oxygens (including phenoxy) is 2. The smallest absolute Gasteiger partial charge is 0.313 e. The molecule has 0 saturated heterocycles. The molecule has 90 valence electrons. The van der Waals surface area contributed by atoms with Crippen LogP contribution in [0, 0.1) is 0 Å². The second-order valence-corrected chi connectivity index (χ2v) is 2.76. The molecule has 1 amide bonds. The van der Waals surface area contributed by atoms with Crippen molar-refractivity contribution in [2.24, 2.45) is 5.73 Å². The molecule has 0 aliphatic heterocycles. The van der Waals surface area contributed by atoms with Crippen LogP contribution in [0.4, 0.5) is 0 Å². The second-order valence-electron chi connectivity index (χ2n) is 2.76. The first-order valence-corrected chi connectivity index (χ1v) is 4.83. The summed E-state index contributed by atoms with van der Waals surface area (Å²) in [4.78, 5) is 33.3. The number of ketones is 1. The fourth-order valence-corrected chi connectivity index (χ4v) is 0.866. The van der Waals surface area contributed by atoms with Crippen molar-refractivity contribution in [2.75, 3.05) is 13.2 Å². The van der Waals surface area contributed by atoms with Gasteiger partial charge in [0.05, 0.1) is 19.5 Å². The Labute approximate surface area is 93.4 Å². The molecule has 0 aromatic carbocycles. The molecule has 0 aliphatic carbocycles. The van der Waals surface area contributed by atoms with Crippen LogP contribution in [0.3, 0.4) is 0 Å². The van der Waals surface area contributed by atoms with Crippen molar-refractivity contribution in [1.82, 2.24) is 0 Å². The van der Waals surface area contributed by atoms with Gasteiger partial charge >= 0.3 is 5.97 Å². The highest BCUT2D eigenvalue weighted by Crippen LogP contribution is 2.02. The van der Waals surface area contributed by atoms with E-state index in [4.69, 9.17) is 10.5 Å². The van der Waals surface area contributed by atoms with E-state index in [1.165, 1.54) is 0 Å². The normalized spacial score (nSPS) is 10.8. The first-order valence-electron chi connectivity index (χ1n) is 4.83. The van der Waals surface area contributed by atoms with E-state index < -0.39 is 24.1 Å². The highest BCUT2D eigenvalue weighted by molar-refractivity contribution is 6.22. The Bertz CT molecular complexity index is 308. The molecule has 0 saturated carbocycles. The number of rotatable bonds is 7. The Morgan fingerprint density at radius 2 is 1.81 bits per heavy atom. The van der Waals surface area contributed by atoms with Crippen LogP contribution < -0.4 is 5.73 Å². The number of carbonyl (C=O) groups is 3. The molecule has 0 radical (unpaired) electrons. The summed E-state index contributed by atoms with van der Waals surface area (Å²) in [7, 11) is 0. The lowest BCUT2D eigenvalue weighted by Crippen LogP contribution is -2.23. The van der Waals surface area contributed by atoms with Crippen LogP contribution >= 0.6 is 0 Å². The zero-order valence-electron chi connectivity index (χ0n) is 9.32. The van der Waals surface area contributed by atoms with E-state index >= 15 is 0 Å². The van der Waals surface area contributed by atoms with Gasteiger partial charge in [-0.15, -0.1) is 0 Å². The molecule has 16 heavy (non-hydrogen) atoms. The fraction of sp³-hybridized carbons (Fsp3) is 0.500. The lowest BCUT2D eigenvalue weighted by molar-refractivity contribution is -0.145. The predicted molar refractivity (Wildman–Crippen MR) is 55.2 cm³/mol. The Morgan fingerprint density at radius 1 is 1.19 bits per heavy atom. The summed E-state index contributed by atoms with van der Waals surface area (Å²) in [5.41, 5.74) is 4.63. The number of esters is 1. The maximum atomic E-state index is 11.4. The van der Waals surface area contributed by atoms with Gasteiger partial charge in [-0.25, -0.2) is 0 Å². The molecule has 0 rings (SSSR count). The van der Waals surface area contributed by atoms with Crippen molar-refractivity contribution in [3.8, 4) is 0 Å². The van der Waals surface area contributed by atoms with Crippen molar-refractivity contribution in [2.45, 2.75) is 20.3 Å². The minimum absolute atomic E-state index is 0.174. The maximum absolute atomic E-state index is 11.4. The van der Waals surface area contributed by atoms with Crippen molar-refractivity contribution >= 4 is 17.7 Å². The zero-order valence-corrected chi connectivity index (χ0v) is 9.32. The van der Waals surface area contributed by atoms with E-state index in [1.54, 1.807) is 13.8 Å². The van der Waals surface area contributed by atoms with Gasteiger partial charge in [-0.05, 0) is 13.8 Å². The molecule has 0 atom stereocenters. The van der Waals surface area contributed by atoms with Gasteiger partial charge in [-0.2, -0.15) is 0 Å². The third-order valence-corrected chi connectivity index (χ3v) is 1.54. The summed E-state index contributed by atoms with van der Waals surface area (Å²) >= 11 is 0. The van der Waals surface area contributed by atoms with E-state index in [-0.39, 0.29) is 12.2 Å². The number of hydrogen-bond donors (Lipinski definition) is 1. The van der Waals surface area contributed by atoms with Crippen LogP contribution in [0.5, 0.6) is 0 Å². The highest BCUT2D eigenvalue weighted by Gasteiger charge is 2.19. The van der Waals surface area contributed by atoms with Crippen LogP contribution in [0.2, 0.25) is 0 Å². The van der Waals surface area contributed by atoms with Gasteiger partial charge in [0.1, 0.15) is 12.0 Å². The fourth-order valence-electron chi connectivity index (χ4n) is 0.866. The van der Waals surface area contributed by atoms with Crippen LogP contribution in [0.15, 0.2) is 11.8 Å². The highest BCUT2D eigenvalue weighted by atomic mass is 16.5. The molecule has 0 heterocycles. The molecule has 6 heteroatoms. The first kappa shape index (κ1) is 14.2. The Balaban J connectivity index is 4.51. The minimum Gasteiger partial charge on any atom is -0.501 e. The quantitative estimate of drug-likeness (QED) is 0.216. The largest absolute Gasteiger partial charge is 0.501 e. The molecule has 0 aromatic rings. The minimum atomic E-state index is -0.928. The molecular weight excluding hydrogens is 214 g/mol. The summed E-state index contributed by atoms with van der Waals surface area (Å²) < 4.78 is 9.35. The molecule has 0 aromatic heterocycles. The molecule has 6 nitrogen and oxygen atoms in total. The Kier molecular flexibility index (Phi) is 6.58. The molecule has 0 bridgehead atoms. The summed E-state index contributed by atoms with van der Waals surface area (Å²) in [6.45, 7) is 3.77. The lowest BCUT2D eigenvalue weighted by atomic mass is 10.1. The van der Waals surface area contributed by atoms with Crippen LogP contribution in [-0.2, 0) is 23.9 Å². The average molecular weight is 229 g/mol. The first-order chi connectivity index (χ1) is 7.52. The number of Topliss-reactive ketones (excluding diaryl/α,β-unsaturated/α-hetero) is 1. The molecule has 0 unspecified atom stereocenters. The van der Waals surface area contributed by atoms with Gasteiger partial charge in [-0.1, -0.05) is 0 Å². The number of nitrogens with two attached hydrogens (primary N) is 1. The van der Waals surface area contributed by atoms with E-state index in [2.05, 4.69) is 4.74 Å². The molecule has 0 fully saturated rings. The van der Waals surface area contributed by atoms with Crippen molar-refractivity contribution in [3.05, 3.63) is 11.8 Å². The predicted octanol–water partition coefficient (Wildman–Crippen LogP) is -0.0856. The molecule has 2 N–H and O–H groups in total. The lowest BCUT2D eigenvalue weighted by Gasteiger charge is -2.03. The van der Waals surface area contributed by atoms with E-state index in [0.29, 0.717) is 6.61 Å². The third-order valence-electron chi connectivity index (χ3n) is 1.54. The van der Waals surface area contributed by atoms with Crippen molar-refractivity contribution in [1.29, 1.82) is 0 Å². The van der Waals surface area contributed by atoms with Gasteiger partial charge in [0, 0.05) is 0 Å². The van der Waals surface area contributed by atoms with Crippen LogP contribution in [0.1, 0.15) is 20.3 Å². The van der Waals surface area contributed by atoms with E-state index in [9.17, 15) is 14.4 Å². The number of carbonyl (C=O) groups excluding carboxylic acids is 3. The topological polar surface area (TPSA) is 95.7 Å². The maximum Gasteiger partial charge on any atom is 0.313 e. The average Bonchev–Trinajstić information content (AvgIpc) is 2.17. The Hall–Kier alpha value is -1.85. The van der Waals surface area contributed by atoms with Gasteiger partial charge in [0.15, 0.2) is 5.78 Å². The molecule has 0 spiro atoms. The van der Waals surface area contributed by atoms with Crippen LogP contribution in [-0.4, -0.2) is 30.9 Å². The summed E-state index contributed by atoms with van der Waals surface area (Å²) in [5.74, 6) is -2.33. The van der Waals surface area contributed by atoms with Crippen molar-refractivity contribution in [3.63, 3.8) is 0 Å². The monoisotopic (exact) mass is 229 g/mol. The summed E-state index contributed by atoms with van der Waals surface area (Å²) in [6, 6.07) is 0. The Morgan fingerprint density at radius 3 is 2.25 bits per heavy atom. The van der Waals surface area contributed by atoms with Gasteiger partial charge < -0.3 is 15.2 Å². The number of amides is 1. The van der Waals surface area contributed by atoms with Crippen molar-refractivity contribution < 1.29 is 23.9 Å². The molecule has 0 aliphatic rings. The number of primary amides is 1. The van der Waals surface area contributed by atoms with E-state index in [0.717, 1.165) is 6.26 Å². The second kappa shape index (κ2) is 7.44.